The molecule has 0 radical (unpaired) electrons. The highest BCUT2D eigenvalue weighted by molar-refractivity contribution is 8.03. The van der Waals surface area contributed by atoms with Crippen molar-refractivity contribution in [1.82, 2.24) is 19.4 Å². The number of carbonyl (C=O) groups excluding carboxylic acids is 2. The first-order valence-corrected chi connectivity index (χ1v) is 12.7. The van der Waals surface area contributed by atoms with Crippen LogP contribution in [0.3, 0.4) is 0 Å². The molecule has 1 aromatic heterocycles. The van der Waals surface area contributed by atoms with Crippen molar-refractivity contribution in [3.8, 4) is 0 Å². The number of rotatable bonds is 9. The maximum Gasteiger partial charge on any atom is 0.410 e. The Kier molecular flexibility index (Phi) is 7.27. The van der Waals surface area contributed by atoms with E-state index < -0.39 is 24.1 Å². The minimum atomic E-state index is -1.15. The van der Waals surface area contributed by atoms with Crippen molar-refractivity contribution in [3.63, 3.8) is 0 Å². The highest BCUT2D eigenvalue weighted by Crippen LogP contribution is 2.52. The third-order valence-corrected chi connectivity index (χ3v) is 8.66. The average molecular weight is 505 g/mol. The summed E-state index contributed by atoms with van der Waals surface area (Å²) in [6.07, 6.45) is 5.93. The molecule has 190 valence electrons. The number of likely N-dealkylation sites (tertiary alicyclic amines) is 1. The van der Waals surface area contributed by atoms with E-state index in [0.717, 1.165) is 5.82 Å². The zero-order chi connectivity index (χ0) is 25.4. The van der Waals surface area contributed by atoms with E-state index >= 15 is 0 Å². The first-order valence-electron chi connectivity index (χ1n) is 11.8. The summed E-state index contributed by atoms with van der Waals surface area (Å²) in [4.78, 5) is 45.6. The van der Waals surface area contributed by atoms with Gasteiger partial charge < -0.3 is 29.3 Å². The molecule has 0 aliphatic carbocycles. The molecule has 3 aliphatic rings. The summed E-state index contributed by atoms with van der Waals surface area (Å²) in [7, 11) is 1.93. The number of ether oxygens (including phenoxy) is 1. The molecule has 0 unspecified atom stereocenters. The van der Waals surface area contributed by atoms with Gasteiger partial charge in [0.25, 0.3) is 0 Å². The van der Waals surface area contributed by atoms with Gasteiger partial charge in [0.05, 0.1) is 18.1 Å². The number of aliphatic carboxylic acids is 1. The molecule has 4 heterocycles. The minimum Gasteiger partial charge on any atom is -0.477 e. The number of fused-ring (bicyclic) bond motifs is 1. The Morgan fingerprint density at radius 1 is 1.43 bits per heavy atom. The van der Waals surface area contributed by atoms with Gasteiger partial charge in [-0.05, 0) is 19.8 Å². The predicted octanol–water partition coefficient (Wildman–Crippen LogP) is 2.01. The number of hydrogen-bond donors (Lipinski definition) is 2. The van der Waals surface area contributed by atoms with Crippen LogP contribution in [0.2, 0.25) is 0 Å². The number of carboxylic acids is 1. The van der Waals surface area contributed by atoms with Crippen molar-refractivity contribution in [2.75, 3.05) is 13.2 Å². The van der Waals surface area contributed by atoms with Gasteiger partial charge in [0.15, 0.2) is 0 Å². The number of amides is 2. The van der Waals surface area contributed by atoms with Gasteiger partial charge in [-0.15, -0.1) is 11.8 Å². The maximum absolute atomic E-state index is 12.8. The normalized spacial score (nSPS) is 28.7. The largest absolute Gasteiger partial charge is 0.477 e. The quantitative estimate of drug-likeness (QED) is 0.386. The molecule has 0 saturated carbocycles. The second kappa shape index (κ2) is 10.1. The van der Waals surface area contributed by atoms with Crippen LogP contribution in [0.4, 0.5) is 4.79 Å². The lowest BCUT2D eigenvalue weighted by Gasteiger charge is -2.46. The SMILES string of the molecule is C=CCOC(=O)N1C[C@@H](SC2=C(C(=O)O)N3C(=O)[C@H]([C@@H](C)O)[C@H]3[C@H]2C)C[C@H]1CCc1nccn1C. The maximum atomic E-state index is 12.8. The fourth-order valence-corrected chi connectivity index (χ4v) is 7.02. The molecule has 2 amide bonds. The number of thioether (sulfide) groups is 1. The Bertz CT molecular complexity index is 1050. The Morgan fingerprint density at radius 2 is 2.17 bits per heavy atom. The van der Waals surface area contributed by atoms with Crippen LogP contribution >= 0.6 is 11.8 Å². The fourth-order valence-electron chi connectivity index (χ4n) is 5.46. The molecule has 2 N–H and O–H groups in total. The van der Waals surface area contributed by atoms with Gasteiger partial charge in [-0.1, -0.05) is 19.6 Å². The van der Waals surface area contributed by atoms with Crippen LogP contribution in [-0.2, 0) is 27.8 Å². The van der Waals surface area contributed by atoms with Crippen molar-refractivity contribution >= 4 is 29.7 Å². The zero-order valence-corrected chi connectivity index (χ0v) is 21.0. The topological polar surface area (TPSA) is 125 Å². The van der Waals surface area contributed by atoms with Gasteiger partial charge in [0, 0.05) is 54.5 Å². The fraction of sp³-hybridized carbons (Fsp3) is 0.583. The van der Waals surface area contributed by atoms with Crippen LogP contribution in [0.5, 0.6) is 0 Å². The number of nitrogens with zero attached hydrogens (tertiary/aromatic N) is 4. The van der Waals surface area contributed by atoms with Crippen molar-refractivity contribution < 1.29 is 29.3 Å². The third-order valence-electron chi connectivity index (χ3n) is 7.16. The van der Waals surface area contributed by atoms with Crippen molar-refractivity contribution in [1.29, 1.82) is 0 Å². The number of carbonyl (C=O) groups is 3. The Hall–Kier alpha value is -2.79. The highest BCUT2D eigenvalue weighted by Gasteiger charge is 2.60. The van der Waals surface area contributed by atoms with Gasteiger partial charge in [-0.3, -0.25) is 4.79 Å². The standard InChI is InChI=1S/C24H32N4O6S/c1-5-10-34-24(33)27-12-16(11-15(27)6-7-17-25-8-9-26(17)4)35-21-13(2)19-18(14(3)29)22(30)28(19)20(21)23(31)32/h5,8-9,13-16,18-19,29H,1,6-7,10-12H2,2-4H3,(H,31,32)/t13-,14-,15-,16+,18-,19-/m1/s1. The summed E-state index contributed by atoms with van der Waals surface area (Å²) in [6.45, 7) is 7.59. The molecule has 1 aromatic rings. The molecule has 11 heteroatoms. The summed E-state index contributed by atoms with van der Waals surface area (Å²) in [5.41, 5.74) is 0.00615. The minimum absolute atomic E-state index is 0.00615. The molecule has 0 aromatic carbocycles. The molecule has 35 heavy (non-hydrogen) atoms. The van der Waals surface area contributed by atoms with E-state index in [0.29, 0.717) is 30.7 Å². The average Bonchev–Trinajstić information content (AvgIpc) is 3.46. The molecule has 2 fully saturated rings. The summed E-state index contributed by atoms with van der Waals surface area (Å²) in [5, 5.41) is 19.9. The smallest absolute Gasteiger partial charge is 0.410 e. The van der Waals surface area contributed by atoms with Crippen LogP contribution in [0.1, 0.15) is 32.5 Å². The predicted molar refractivity (Wildman–Crippen MR) is 129 cm³/mol. The molecule has 0 bridgehead atoms. The molecule has 4 rings (SSSR count). The van der Waals surface area contributed by atoms with Crippen molar-refractivity contribution in [2.24, 2.45) is 18.9 Å². The lowest BCUT2D eigenvalue weighted by atomic mass is 9.79. The molecular formula is C24H32N4O6S. The van der Waals surface area contributed by atoms with Gasteiger partial charge in [0.2, 0.25) is 5.91 Å². The van der Waals surface area contributed by atoms with Crippen molar-refractivity contribution in [3.05, 3.63) is 41.5 Å². The molecule has 0 spiro atoms. The van der Waals surface area contributed by atoms with Crippen LogP contribution in [-0.4, -0.2) is 84.1 Å². The summed E-state index contributed by atoms with van der Waals surface area (Å²) in [6, 6.07) is -0.443. The number of carboxylic acid groups (broad SMARTS) is 1. The van der Waals surface area contributed by atoms with E-state index in [1.165, 1.54) is 22.7 Å². The van der Waals surface area contributed by atoms with Gasteiger partial charge in [0.1, 0.15) is 18.1 Å². The van der Waals surface area contributed by atoms with Crippen molar-refractivity contribution in [2.45, 2.75) is 56.5 Å². The summed E-state index contributed by atoms with van der Waals surface area (Å²) >= 11 is 1.43. The second-order valence-electron chi connectivity index (χ2n) is 9.41. The van der Waals surface area contributed by atoms with E-state index in [-0.39, 0.29) is 41.5 Å². The molecular weight excluding hydrogens is 472 g/mol. The first kappa shape index (κ1) is 25.3. The summed E-state index contributed by atoms with van der Waals surface area (Å²) < 4.78 is 7.27. The Morgan fingerprint density at radius 3 is 2.77 bits per heavy atom. The monoisotopic (exact) mass is 504 g/mol. The van der Waals surface area contributed by atoms with Gasteiger partial charge >= 0.3 is 12.1 Å². The third kappa shape index (κ3) is 4.58. The van der Waals surface area contributed by atoms with Gasteiger partial charge in [-0.2, -0.15) is 0 Å². The number of aliphatic hydroxyl groups is 1. The molecule has 2 saturated heterocycles. The first-order chi connectivity index (χ1) is 16.6. The summed E-state index contributed by atoms with van der Waals surface area (Å²) in [5.74, 6) is -1.38. The number of aliphatic hydroxyl groups excluding tert-OH is 1. The zero-order valence-electron chi connectivity index (χ0n) is 20.2. The molecule has 6 atom stereocenters. The van der Waals surface area contributed by atoms with Crippen LogP contribution in [0, 0.1) is 11.8 Å². The van der Waals surface area contributed by atoms with E-state index in [9.17, 15) is 24.6 Å². The van der Waals surface area contributed by atoms with E-state index in [1.54, 1.807) is 18.0 Å². The van der Waals surface area contributed by atoms with Crippen LogP contribution in [0.25, 0.3) is 0 Å². The lowest BCUT2D eigenvalue weighted by molar-refractivity contribution is -0.163. The number of hydrogen-bond acceptors (Lipinski definition) is 7. The van der Waals surface area contributed by atoms with Crippen LogP contribution < -0.4 is 0 Å². The Balaban J connectivity index is 1.52. The van der Waals surface area contributed by atoms with E-state index in [1.807, 2.05) is 24.7 Å². The molecule has 3 aliphatic heterocycles. The number of aryl methyl sites for hydroxylation is 2. The molecule has 10 nitrogen and oxygen atoms in total. The van der Waals surface area contributed by atoms with E-state index in [2.05, 4.69) is 11.6 Å². The van der Waals surface area contributed by atoms with Crippen LogP contribution in [0.15, 0.2) is 35.7 Å². The second-order valence-corrected chi connectivity index (χ2v) is 10.8. The van der Waals surface area contributed by atoms with Gasteiger partial charge in [-0.25, -0.2) is 14.6 Å². The highest BCUT2D eigenvalue weighted by atomic mass is 32.2. The Labute approximate surface area is 208 Å². The number of aromatic nitrogens is 2. The van der Waals surface area contributed by atoms with E-state index in [4.69, 9.17) is 4.74 Å². The number of imidazole rings is 1. The lowest BCUT2D eigenvalue weighted by Crippen LogP contribution is -2.63. The number of β-lactam (4-membered cyclic amide) rings is 1.